The summed E-state index contributed by atoms with van der Waals surface area (Å²) < 4.78 is 0. The summed E-state index contributed by atoms with van der Waals surface area (Å²) in [6.45, 7) is 2.98. The normalized spacial score (nSPS) is 14.5. The van der Waals surface area contributed by atoms with Gasteiger partial charge in [0, 0.05) is 18.3 Å². The van der Waals surface area contributed by atoms with Gasteiger partial charge in [-0.1, -0.05) is 25.8 Å². The fourth-order valence-electron chi connectivity index (χ4n) is 1.94. The van der Waals surface area contributed by atoms with Crippen molar-refractivity contribution in [2.24, 2.45) is 0 Å². The van der Waals surface area contributed by atoms with Crippen LogP contribution in [0.3, 0.4) is 0 Å². The van der Waals surface area contributed by atoms with Crippen molar-refractivity contribution in [2.75, 3.05) is 11.4 Å². The number of unbranched alkanes of at least 4 members (excludes halogenated alkanes) is 2. The van der Waals surface area contributed by atoms with Crippen molar-refractivity contribution in [1.29, 1.82) is 0 Å². The van der Waals surface area contributed by atoms with E-state index in [-0.39, 0.29) is 5.91 Å². The molecule has 2 rings (SSSR count). The summed E-state index contributed by atoms with van der Waals surface area (Å²) in [6.07, 6.45) is 5.70. The Morgan fingerprint density at radius 3 is 3.13 bits per heavy atom. The van der Waals surface area contributed by atoms with Crippen LogP contribution in [-0.4, -0.2) is 17.4 Å². The lowest BCUT2D eigenvalue weighted by Gasteiger charge is -2.15. The van der Waals surface area contributed by atoms with E-state index in [4.69, 9.17) is 0 Å². The summed E-state index contributed by atoms with van der Waals surface area (Å²) in [5.41, 5.74) is 1.07. The molecule has 0 unspecified atom stereocenters. The maximum atomic E-state index is 11.7. The first-order valence-corrected chi connectivity index (χ1v) is 5.57. The Balaban J connectivity index is 2.08. The third-order valence-corrected chi connectivity index (χ3v) is 2.75. The maximum absolute atomic E-state index is 11.7. The van der Waals surface area contributed by atoms with Gasteiger partial charge in [-0.2, -0.15) is 0 Å². The fourth-order valence-corrected chi connectivity index (χ4v) is 1.94. The molecule has 2 heterocycles. The van der Waals surface area contributed by atoms with Gasteiger partial charge in [0.1, 0.15) is 5.82 Å². The molecule has 0 bridgehead atoms. The van der Waals surface area contributed by atoms with Crippen LogP contribution in [0.4, 0.5) is 5.82 Å². The number of anilines is 1. The van der Waals surface area contributed by atoms with Crippen LogP contribution >= 0.6 is 0 Å². The van der Waals surface area contributed by atoms with Gasteiger partial charge in [0.2, 0.25) is 5.91 Å². The van der Waals surface area contributed by atoms with Gasteiger partial charge < -0.3 is 0 Å². The molecule has 0 spiro atoms. The van der Waals surface area contributed by atoms with E-state index < -0.39 is 0 Å². The second kappa shape index (κ2) is 4.43. The van der Waals surface area contributed by atoms with E-state index in [2.05, 4.69) is 11.9 Å². The summed E-state index contributed by atoms with van der Waals surface area (Å²) in [4.78, 5) is 17.8. The summed E-state index contributed by atoms with van der Waals surface area (Å²) >= 11 is 0. The van der Waals surface area contributed by atoms with Gasteiger partial charge in [-0.05, 0) is 12.5 Å². The topological polar surface area (TPSA) is 33.2 Å². The third-order valence-electron chi connectivity index (χ3n) is 2.75. The van der Waals surface area contributed by atoms with E-state index in [1.807, 2.05) is 17.0 Å². The van der Waals surface area contributed by atoms with Crippen molar-refractivity contribution >= 4 is 11.7 Å². The van der Waals surface area contributed by atoms with E-state index in [9.17, 15) is 4.79 Å². The van der Waals surface area contributed by atoms with Crippen LogP contribution in [0.5, 0.6) is 0 Å². The molecule has 0 N–H and O–H groups in total. The number of aromatic nitrogens is 1. The minimum absolute atomic E-state index is 0.194. The van der Waals surface area contributed by atoms with Crippen molar-refractivity contribution in [3.63, 3.8) is 0 Å². The molecule has 1 aliphatic rings. The number of amides is 1. The van der Waals surface area contributed by atoms with Gasteiger partial charge in [0.05, 0.1) is 6.42 Å². The average Bonchev–Trinajstić information content (AvgIpc) is 2.56. The Morgan fingerprint density at radius 2 is 2.33 bits per heavy atom. The number of hydrogen-bond acceptors (Lipinski definition) is 2. The minimum Gasteiger partial charge on any atom is -0.296 e. The summed E-state index contributed by atoms with van der Waals surface area (Å²) in [6, 6.07) is 3.88. The molecule has 15 heavy (non-hydrogen) atoms. The monoisotopic (exact) mass is 204 g/mol. The first kappa shape index (κ1) is 10.1. The molecule has 0 saturated carbocycles. The highest BCUT2D eigenvalue weighted by Gasteiger charge is 2.27. The highest BCUT2D eigenvalue weighted by molar-refractivity contribution is 6.00. The van der Waals surface area contributed by atoms with Crippen molar-refractivity contribution < 1.29 is 4.79 Å². The highest BCUT2D eigenvalue weighted by atomic mass is 16.2. The Hall–Kier alpha value is -1.38. The van der Waals surface area contributed by atoms with Crippen LogP contribution in [0.2, 0.25) is 0 Å². The van der Waals surface area contributed by atoms with Crippen LogP contribution < -0.4 is 4.90 Å². The summed E-state index contributed by atoms with van der Waals surface area (Å²) in [7, 11) is 0. The van der Waals surface area contributed by atoms with Gasteiger partial charge >= 0.3 is 0 Å². The number of nitrogens with zero attached hydrogens (tertiary/aromatic N) is 2. The molecular weight excluding hydrogens is 188 g/mol. The van der Waals surface area contributed by atoms with Gasteiger partial charge in [0.15, 0.2) is 0 Å². The van der Waals surface area contributed by atoms with Crippen LogP contribution in [0.25, 0.3) is 0 Å². The maximum Gasteiger partial charge on any atom is 0.232 e. The van der Waals surface area contributed by atoms with Crippen LogP contribution in [-0.2, 0) is 11.2 Å². The number of pyridine rings is 1. The largest absolute Gasteiger partial charge is 0.296 e. The molecule has 1 aromatic heterocycles. The standard InChI is InChI=1S/C12H16N2O/c1-2-3-4-8-14-11(15)9-10-6-5-7-13-12(10)14/h5-7H,2-4,8-9H2,1H3. The molecule has 0 radical (unpaired) electrons. The van der Waals surface area contributed by atoms with Crippen molar-refractivity contribution in [2.45, 2.75) is 32.6 Å². The second-order valence-electron chi connectivity index (χ2n) is 3.92. The van der Waals surface area contributed by atoms with Gasteiger partial charge in [-0.25, -0.2) is 4.98 Å². The van der Waals surface area contributed by atoms with Gasteiger partial charge in [0.25, 0.3) is 0 Å². The first-order chi connectivity index (χ1) is 7.33. The van der Waals surface area contributed by atoms with E-state index in [0.29, 0.717) is 6.42 Å². The van der Waals surface area contributed by atoms with E-state index >= 15 is 0 Å². The zero-order chi connectivity index (χ0) is 10.7. The van der Waals surface area contributed by atoms with Crippen molar-refractivity contribution in [1.82, 2.24) is 4.98 Å². The van der Waals surface area contributed by atoms with E-state index in [1.54, 1.807) is 6.20 Å². The predicted octanol–water partition coefficient (Wildman–Crippen LogP) is 2.16. The van der Waals surface area contributed by atoms with E-state index in [0.717, 1.165) is 24.3 Å². The molecule has 0 aliphatic carbocycles. The SMILES string of the molecule is CCCCCN1C(=O)Cc2cccnc21. The van der Waals surface area contributed by atoms with Crippen molar-refractivity contribution in [3.05, 3.63) is 23.9 Å². The Bertz CT molecular complexity index is 362. The molecule has 80 valence electrons. The van der Waals surface area contributed by atoms with Crippen LogP contribution in [0, 0.1) is 0 Å². The average molecular weight is 204 g/mol. The second-order valence-corrected chi connectivity index (χ2v) is 3.92. The molecule has 3 heteroatoms. The highest BCUT2D eigenvalue weighted by Crippen LogP contribution is 2.25. The number of carbonyl (C=O) groups excluding carboxylic acids is 1. The van der Waals surface area contributed by atoms with Crippen molar-refractivity contribution in [3.8, 4) is 0 Å². The number of fused-ring (bicyclic) bond motifs is 1. The molecule has 0 aromatic carbocycles. The predicted molar refractivity (Wildman–Crippen MR) is 59.8 cm³/mol. The molecule has 1 aromatic rings. The summed E-state index contributed by atoms with van der Waals surface area (Å²) in [5, 5.41) is 0. The lowest BCUT2D eigenvalue weighted by molar-refractivity contribution is -0.117. The number of hydrogen-bond donors (Lipinski definition) is 0. The lowest BCUT2D eigenvalue weighted by Crippen LogP contribution is -2.28. The lowest BCUT2D eigenvalue weighted by atomic mass is 10.2. The molecular formula is C12H16N2O. The Labute approximate surface area is 90.1 Å². The van der Waals surface area contributed by atoms with Gasteiger partial charge in [-0.15, -0.1) is 0 Å². The molecule has 0 saturated heterocycles. The Morgan fingerprint density at radius 1 is 1.47 bits per heavy atom. The quantitative estimate of drug-likeness (QED) is 0.704. The molecule has 1 amide bonds. The molecule has 0 atom stereocenters. The molecule has 0 fully saturated rings. The van der Waals surface area contributed by atoms with E-state index in [1.165, 1.54) is 12.8 Å². The smallest absolute Gasteiger partial charge is 0.232 e. The van der Waals surface area contributed by atoms with Gasteiger partial charge in [-0.3, -0.25) is 9.69 Å². The molecule has 1 aliphatic heterocycles. The molecule has 3 nitrogen and oxygen atoms in total. The minimum atomic E-state index is 0.194. The Kier molecular flexibility index (Phi) is 2.99. The van der Waals surface area contributed by atoms with Crippen LogP contribution in [0.15, 0.2) is 18.3 Å². The third kappa shape index (κ3) is 2.01. The number of rotatable bonds is 4. The zero-order valence-corrected chi connectivity index (χ0v) is 9.07. The summed E-state index contributed by atoms with van der Waals surface area (Å²) in [5.74, 6) is 1.07. The van der Waals surface area contributed by atoms with Crippen LogP contribution in [0.1, 0.15) is 31.7 Å². The first-order valence-electron chi connectivity index (χ1n) is 5.57. The number of carbonyl (C=O) groups is 1. The fraction of sp³-hybridized carbons (Fsp3) is 0.500. The zero-order valence-electron chi connectivity index (χ0n) is 9.07.